The molecule has 1 saturated carbocycles. The summed E-state index contributed by atoms with van der Waals surface area (Å²) in [4.78, 5) is 11.3. The van der Waals surface area contributed by atoms with Gasteiger partial charge in [-0.15, -0.1) is 0 Å². The molecule has 0 amide bonds. The molecular formula is C9H15NO2. The Balaban J connectivity index is 1.83. The first-order chi connectivity index (χ1) is 5.81. The summed E-state index contributed by atoms with van der Waals surface area (Å²) in [6, 6.07) is 1.34. The van der Waals surface area contributed by atoms with Crippen LogP contribution in [0, 0.1) is 5.92 Å². The summed E-state index contributed by atoms with van der Waals surface area (Å²) in [5.74, 6) is 0.172. The largest absolute Gasteiger partial charge is 0.466 e. The van der Waals surface area contributed by atoms with Crippen LogP contribution in [0.3, 0.4) is 0 Å². The van der Waals surface area contributed by atoms with Gasteiger partial charge in [-0.05, 0) is 26.2 Å². The average molecular weight is 169 g/mol. The molecule has 3 nitrogen and oxygen atoms in total. The van der Waals surface area contributed by atoms with Crippen LogP contribution in [-0.2, 0) is 9.53 Å². The van der Waals surface area contributed by atoms with Gasteiger partial charge in [0.1, 0.15) is 0 Å². The molecule has 0 aromatic rings. The summed E-state index contributed by atoms with van der Waals surface area (Å²) in [6.45, 7) is 2.37. The molecule has 0 bridgehead atoms. The highest BCUT2D eigenvalue weighted by atomic mass is 16.5. The molecule has 2 fully saturated rings. The van der Waals surface area contributed by atoms with Crippen molar-refractivity contribution in [3.8, 4) is 0 Å². The van der Waals surface area contributed by atoms with E-state index < -0.39 is 0 Å². The number of esters is 1. The van der Waals surface area contributed by atoms with Crippen LogP contribution < -0.4 is 5.32 Å². The van der Waals surface area contributed by atoms with E-state index in [4.69, 9.17) is 4.74 Å². The second-order valence-corrected chi connectivity index (χ2v) is 3.64. The van der Waals surface area contributed by atoms with E-state index in [9.17, 15) is 4.79 Å². The molecule has 0 aromatic carbocycles. The monoisotopic (exact) mass is 169 g/mol. The van der Waals surface area contributed by atoms with Crippen LogP contribution in [0.5, 0.6) is 0 Å². The Morgan fingerprint density at radius 1 is 1.50 bits per heavy atom. The van der Waals surface area contributed by atoms with E-state index in [-0.39, 0.29) is 11.9 Å². The summed E-state index contributed by atoms with van der Waals surface area (Å²) in [5, 5.41) is 3.35. The SMILES string of the molecule is CCOC(=O)C1CCC2NC2C1. The van der Waals surface area contributed by atoms with Crippen molar-refractivity contribution in [2.75, 3.05) is 6.61 Å². The van der Waals surface area contributed by atoms with Gasteiger partial charge in [0.15, 0.2) is 0 Å². The van der Waals surface area contributed by atoms with E-state index in [0.717, 1.165) is 25.3 Å². The molecule has 1 aliphatic carbocycles. The zero-order valence-corrected chi connectivity index (χ0v) is 7.38. The molecule has 68 valence electrons. The third-order valence-electron chi connectivity index (χ3n) is 2.79. The molecule has 3 heteroatoms. The highest BCUT2D eigenvalue weighted by Gasteiger charge is 2.43. The Morgan fingerprint density at radius 3 is 3.00 bits per heavy atom. The van der Waals surface area contributed by atoms with Gasteiger partial charge in [-0.1, -0.05) is 0 Å². The molecule has 3 atom stereocenters. The second-order valence-electron chi connectivity index (χ2n) is 3.64. The van der Waals surface area contributed by atoms with Gasteiger partial charge in [0.05, 0.1) is 12.5 Å². The molecule has 12 heavy (non-hydrogen) atoms. The van der Waals surface area contributed by atoms with Crippen molar-refractivity contribution in [1.82, 2.24) is 5.32 Å². The third kappa shape index (κ3) is 1.46. The van der Waals surface area contributed by atoms with Crippen LogP contribution in [0.15, 0.2) is 0 Å². The minimum absolute atomic E-state index is 0.00431. The number of hydrogen-bond acceptors (Lipinski definition) is 3. The fraction of sp³-hybridized carbons (Fsp3) is 0.889. The van der Waals surface area contributed by atoms with Gasteiger partial charge < -0.3 is 10.1 Å². The lowest BCUT2D eigenvalue weighted by Crippen LogP contribution is -2.23. The number of nitrogens with one attached hydrogen (secondary N) is 1. The first-order valence-electron chi connectivity index (χ1n) is 4.74. The number of hydrogen-bond donors (Lipinski definition) is 1. The van der Waals surface area contributed by atoms with Crippen LogP contribution in [0.4, 0.5) is 0 Å². The molecule has 0 aromatic heterocycles. The van der Waals surface area contributed by atoms with E-state index in [1.165, 1.54) is 0 Å². The summed E-state index contributed by atoms with van der Waals surface area (Å²) < 4.78 is 4.98. The number of carbonyl (C=O) groups is 1. The highest BCUT2D eigenvalue weighted by Crippen LogP contribution is 2.33. The molecule has 1 aliphatic heterocycles. The standard InChI is InChI=1S/C9H15NO2/c1-2-12-9(11)6-3-4-7-8(5-6)10-7/h6-8,10H,2-5H2,1H3. The zero-order chi connectivity index (χ0) is 8.55. The molecule has 2 rings (SSSR count). The van der Waals surface area contributed by atoms with Crippen LogP contribution in [0.1, 0.15) is 26.2 Å². The molecule has 1 N–H and O–H groups in total. The number of fused-ring (bicyclic) bond motifs is 1. The van der Waals surface area contributed by atoms with Crippen molar-refractivity contribution >= 4 is 5.97 Å². The molecule has 1 heterocycles. The molecular weight excluding hydrogens is 154 g/mol. The lowest BCUT2D eigenvalue weighted by Gasteiger charge is -2.17. The van der Waals surface area contributed by atoms with Crippen molar-refractivity contribution in [3.63, 3.8) is 0 Å². The van der Waals surface area contributed by atoms with E-state index in [1.54, 1.807) is 0 Å². The van der Waals surface area contributed by atoms with Gasteiger partial charge in [0, 0.05) is 12.1 Å². The lowest BCUT2D eigenvalue weighted by molar-refractivity contribution is -0.148. The van der Waals surface area contributed by atoms with E-state index in [0.29, 0.717) is 12.6 Å². The fourth-order valence-electron chi connectivity index (χ4n) is 2.02. The van der Waals surface area contributed by atoms with Gasteiger partial charge in [-0.25, -0.2) is 0 Å². The van der Waals surface area contributed by atoms with Crippen molar-refractivity contribution in [2.45, 2.75) is 38.3 Å². The van der Waals surface area contributed by atoms with Crippen molar-refractivity contribution in [2.24, 2.45) is 5.92 Å². The minimum atomic E-state index is 0.00431. The molecule has 0 spiro atoms. The lowest BCUT2D eigenvalue weighted by atomic mass is 9.89. The van der Waals surface area contributed by atoms with Gasteiger partial charge >= 0.3 is 5.97 Å². The predicted octanol–water partition coefficient (Wildman–Crippen LogP) is 0.690. The van der Waals surface area contributed by atoms with E-state index in [1.807, 2.05) is 6.92 Å². The van der Waals surface area contributed by atoms with E-state index >= 15 is 0 Å². The molecule has 3 unspecified atom stereocenters. The molecule has 2 aliphatic rings. The fourth-order valence-corrected chi connectivity index (χ4v) is 2.02. The smallest absolute Gasteiger partial charge is 0.308 e. The van der Waals surface area contributed by atoms with Crippen LogP contribution in [-0.4, -0.2) is 24.7 Å². The Morgan fingerprint density at radius 2 is 2.33 bits per heavy atom. The first-order valence-corrected chi connectivity index (χ1v) is 4.74. The zero-order valence-electron chi connectivity index (χ0n) is 7.38. The summed E-state index contributed by atoms with van der Waals surface area (Å²) in [6.07, 6.45) is 3.14. The Bertz CT molecular complexity index is 193. The van der Waals surface area contributed by atoms with Gasteiger partial charge in [-0.2, -0.15) is 0 Å². The second kappa shape index (κ2) is 3.05. The van der Waals surface area contributed by atoms with Crippen molar-refractivity contribution < 1.29 is 9.53 Å². The predicted molar refractivity (Wildman–Crippen MR) is 44.7 cm³/mol. The molecule has 1 saturated heterocycles. The highest BCUT2D eigenvalue weighted by molar-refractivity contribution is 5.72. The van der Waals surface area contributed by atoms with Crippen molar-refractivity contribution in [1.29, 1.82) is 0 Å². The van der Waals surface area contributed by atoms with Crippen LogP contribution in [0.2, 0.25) is 0 Å². The van der Waals surface area contributed by atoms with Crippen LogP contribution in [0.25, 0.3) is 0 Å². The first kappa shape index (κ1) is 8.05. The third-order valence-corrected chi connectivity index (χ3v) is 2.79. The minimum Gasteiger partial charge on any atom is -0.466 e. The Labute approximate surface area is 72.5 Å². The number of rotatable bonds is 2. The summed E-state index contributed by atoms with van der Waals surface area (Å²) in [5.41, 5.74) is 0. The topological polar surface area (TPSA) is 48.2 Å². The summed E-state index contributed by atoms with van der Waals surface area (Å²) in [7, 11) is 0. The van der Waals surface area contributed by atoms with Gasteiger partial charge in [0.25, 0.3) is 0 Å². The summed E-state index contributed by atoms with van der Waals surface area (Å²) >= 11 is 0. The maximum atomic E-state index is 11.3. The normalized spacial score (nSPS) is 38.6. The molecule has 0 radical (unpaired) electrons. The number of ether oxygens (including phenoxy) is 1. The average Bonchev–Trinajstić information content (AvgIpc) is 2.81. The van der Waals surface area contributed by atoms with Gasteiger partial charge in [0.2, 0.25) is 0 Å². The maximum Gasteiger partial charge on any atom is 0.308 e. The Kier molecular flexibility index (Phi) is 2.05. The quantitative estimate of drug-likeness (QED) is 0.488. The number of carbonyl (C=O) groups excluding carboxylic acids is 1. The van der Waals surface area contributed by atoms with E-state index in [2.05, 4.69) is 5.32 Å². The Hall–Kier alpha value is -0.570. The van der Waals surface area contributed by atoms with Crippen molar-refractivity contribution in [3.05, 3.63) is 0 Å². The van der Waals surface area contributed by atoms with Gasteiger partial charge in [-0.3, -0.25) is 4.79 Å². The van der Waals surface area contributed by atoms with Crippen LogP contribution >= 0.6 is 0 Å². The maximum absolute atomic E-state index is 11.3.